The fourth-order valence-corrected chi connectivity index (χ4v) is 4.93. The molecule has 1 aliphatic heterocycles. The summed E-state index contributed by atoms with van der Waals surface area (Å²) < 4.78 is 13.1. The normalized spacial score (nSPS) is 13.9. The van der Waals surface area contributed by atoms with Gasteiger partial charge in [-0.25, -0.2) is 14.8 Å². The molecule has 6 rings (SSSR count). The topological polar surface area (TPSA) is 98.8 Å². The SMILES string of the molecule is CCc1nc2c(Cl)cc(C)nc2n1Cc1ccc2c(c1)OCc1ccccc1/C2=C\c1noc(=O)[nH]1. The van der Waals surface area contributed by atoms with Gasteiger partial charge < -0.3 is 9.30 Å². The second kappa shape index (κ2) is 8.80. The molecular weight excluding hydrogens is 478 g/mol. The Morgan fingerprint density at radius 2 is 2.00 bits per heavy atom. The lowest BCUT2D eigenvalue weighted by molar-refractivity contribution is 0.307. The van der Waals surface area contributed by atoms with E-state index in [-0.39, 0.29) is 0 Å². The molecular formula is C27H22ClN5O3. The minimum atomic E-state index is -0.598. The Hall–Kier alpha value is -4.17. The first-order valence-electron chi connectivity index (χ1n) is 11.6. The number of hydrogen-bond acceptors (Lipinski definition) is 6. The number of nitrogens with zero attached hydrogens (tertiary/aromatic N) is 4. The molecule has 0 saturated carbocycles. The number of nitrogens with one attached hydrogen (secondary N) is 1. The van der Waals surface area contributed by atoms with Crippen molar-refractivity contribution in [2.45, 2.75) is 33.4 Å². The number of rotatable bonds is 4. The largest absolute Gasteiger partial charge is 0.488 e. The average Bonchev–Trinajstić information content (AvgIpc) is 3.40. The van der Waals surface area contributed by atoms with Crippen LogP contribution in [0, 0.1) is 6.92 Å². The molecule has 8 nitrogen and oxygen atoms in total. The molecule has 0 spiro atoms. The van der Waals surface area contributed by atoms with Crippen LogP contribution in [0.4, 0.5) is 0 Å². The molecule has 0 unspecified atom stereocenters. The Kier molecular flexibility index (Phi) is 5.45. The van der Waals surface area contributed by atoms with E-state index in [1.807, 2.05) is 55.5 Å². The summed E-state index contributed by atoms with van der Waals surface area (Å²) in [7, 11) is 0. The van der Waals surface area contributed by atoms with E-state index in [1.165, 1.54) is 0 Å². The summed E-state index contributed by atoms with van der Waals surface area (Å²) in [5, 5.41) is 4.43. The summed E-state index contributed by atoms with van der Waals surface area (Å²) in [5.41, 5.74) is 7.22. The predicted octanol–water partition coefficient (Wildman–Crippen LogP) is 5.16. The molecule has 0 amide bonds. The molecule has 0 saturated heterocycles. The molecule has 3 aromatic heterocycles. The second-order valence-electron chi connectivity index (χ2n) is 8.70. The van der Waals surface area contributed by atoms with Crippen LogP contribution in [0.2, 0.25) is 5.02 Å². The fraction of sp³-hybridized carbons (Fsp3) is 0.185. The van der Waals surface area contributed by atoms with E-state index in [2.05, 4.69) is 27.7 Å². The number of aromatic amines is 1. The predicted molar refractivity (Wildman–Crippen MR) is 137 cm³/mol. The number of benzene rings is 2. The van der Waals surface area contributed by atoms with Crippen molar-refractivity contribution >= 4 is 34.4 Å². The van der Waals surface area contributed by atoms with Crippen LogP contribution in [0.25, 0.3) is 22.8 Å². The lowest BCUT2D eigenvalue weighted by atomic mass is 9.93. The van der Waals surface area contributed by atoms with Crippen LogP contribution < -0.4 is 10.5 Å². The molecule has 0 atom stereocenters. The summed E-state index contributed by atoms with van der Waals surface area (Å²) in [6.07, 6.45) is 2.56. The Morgan fingerprint density at radius 3 is 2.81 bits per heavy atom. The highest BCUT2D eigenvalue weighted by Crippen LogP contribution is 2.38. The van der Waals surface area contributed by atoms with Crippen LogP contribution in [0.3, 0.4) is 0 Å². The minimum Gasteiger partial charge on any atom is -0.488 e. The van der Waals surface area contributed by atoms with Gasteiger partial charge in [-0.3, -0.25) is 9.51 Å². The van der Waals surface area contributed by atoms with Gasteiger partial charge in [0.2, 0.25) is 0 Å². The Morgan fingerprint density at radius 1 is 1.14 bits per heavy atom. The summed E-state index contributed by atoms with van der Waals surface area (Å²) in [6, 6.07) is 16.0. The first-order chi connectivity index (χ1) is 17.5. The number of imidazole rings is 1. The van der Waals surface area contributed by atoms with Crippen molar-refractivity contribution in [3.63, 3.8) is 0 Å². The highest BCUT2D eigenvalue weighted by molar-refractivity contribution is 6.34. The molecule has 0 fully saturated rings. The van der Waals surface area contributed by atoms with Gasteiger partial charge in [0, 0.05) is 17.7 Å². The van der Waals surface area contributed by atoms with Crippen LogP contribution in [-0.2, 0) is 19.6 Å². The molecule has 4 heterocycles. The Bertz CT molecular complexity index is 1710. The second-order valence-corrected chi connectivity index (χ2v) is 9.11. The molecule has 36 heavy (non-hydrogen) atoms. The van der Waals surface area contributed by atoms with Gasteiger partial charge >= 0.3 is 5.76 Å². The first kappa shape index (κ1) is 22.3. The molecule has 0 bridgehead atoms. The number of ether oxygens (including phenoxy) is 1. The van der Waals surface area contributed by atoms with Crippen LogP contribution in [0.5, 0.6) is 5.75 Å². The van der Waals surface area contributed by atoms with Crippen LogP contribution in [-0.4, -0.2) is 24.7 Å². The molecule has 0 radical (unpaired) electrons. The summed E-state index contributed by atoms with van der Waals surface area (Å²) in [6.45, 7) is 4.99. The molecule has 1 N–H and O–H groups in total. The first-order valence-corrected chi connectivity index (χ1v) is 12.0. The van der Waals surface area contributed by atoms with E-state index in [1.54, 1.807) is 0 Å². The zero-order valence-electron chi connectivity index (χ0n) is 19.7. The molecule has 0 aliphatic carbocycles. The van der Waals surface area contributed by atoms with E-state index in [0.717, 1.165) is 57.2 Å². The van der Waals surface area contributed by atoms with Gasteiger partial charge in [-0.2, -0.15) is 0 Å². The van der Waals surface area contributed by atoms with Crippen molar-refractivity contribution in [1.82, 2.24) is 24.7 Å². The van der Waals surface area contributed by atoms with Crippen LogP contribution in [0.1, 0.15) is 46.5 Å². The van der Waals surface area contributed by atoms with Gasteiger partial charge in [0.25, 0.3) is 0 Å². The monoisotopic (exact) mass is 499 g/mol. The number of H-pyrrole nitrogens is 1. The maximum Gasteiger partial charge on any atom is 0.439 e. The Labute approximate surface area is 211 Å². The molecule has 2 aromatic carbocycles. The summed E-state index contributed by atoms with van der Waals surface area (Å²) >= 11 is 6.47. The fourth-order valence-electron chi connectivity index (χ4n) is 4.64. The zero-order valence-corrected chi connectivity index (χ0v) is 20.5. The lowest BCUT2D eigenvalue weighted by Gasteiger charge is -2.13. The highest BCUT2D eigenvalue weighted by Gasteiger charge is 2.21. The third kappa shape index (κ3) is 3.89. The van der Waals surface area contributed by atoms with Crippen molar-refractivity contribution in [3.05, 3.63) is 104 Å². The number of aromatic nitrogens is 5. The van der Waals surface area contributed by atoms with E-state index < -0.39 is 5.76 Å². The van der Waals surface area contributed by atoms with E-state index in [4.69, 9.17) is 30.8 Å². The van der Waals surface area contributed by atoms with Crippen molar-refractivity contribution in [1.29, 1.82) is 0 Å². The van der Waals surface area contributed by atoms with Crippen molar-refractivity contribution in [2.24, 2.45) is 0 Å². The number of pyridine rings is 1. The number of fused-ring (bicyclic) bond motifs is 3. The molecule has 1 aliphatic rings. The van der Waals surface area contributed by atoms with Gasteiger partial charge in [0.15, 0.2) is 11.5 Å². The number of aryl methyl sites for hydroxylation is 2. The molecule has 9 heteroatoms. The Balaban J connectivity index is 1.46. The van der Waals surface area contributed by atoms with Crippen molar-refractivity contribution in [2.75, 3.05) is 0 Å². The van der Waals surface area contributed by atoms with E-state index in [0.29, 0.717) is 29.5 Å². The van der Waals surface area contributed by atoms with Gasteiger partial charge in [-0.15, -0.1) is 0 Å². The maximum atomic E-state index is 11.5. The van der Waals surface area contributed by atoms with Crippen molar-refractivity contribution < 1.29 is 9.26 Å². The molecule has 180 valence electrons. The quantitative estimate of drug-likeness (QED) is 0.366. The third-order valence-electron chi connectivity index (χ3n) is 6.29. The minimum absolute atomic E-state index is 0.345. The standard InChI is InChI=1S/C27H22ClN5O3/c1-3-24-31-25-21(28)10-15(2)29-26(25)33(24)13-16-8-9-19-20(12-23-30-27(34)36-32-23)18-7-5-4-6-17(18)14-35-22(19)11-16/h4-12H,3,13-14H2,1-2H3,(H,30,32,34)/b20-12+. The zero-order chi connectivity index (χ0) is 24.8. The molecule has 5 aromatic rings. The van der Waals surface area contributed by atoms with Crippen LogP contribution >= 0.6 is 11.6 Å². The van der Waals surface area contributed by atoms with Gasteiger partial charge in [0.05, 0.1) is 11.6 Å². The van der Waals surface area contributed by atoms with Crippen LogP contribution in [0.15, 0.2) is 57.8 Å². The van der Waals surface area contributed by atoms with Gasteiger partial charge in [-0.05, 0) is 47.4 Å². The highest BCUT2D eigenvalue weighted by atomic mass is 35.5. The smallest absolute Gasteiger partial charge is 0.439 e. The average molecular weight is 500 g/mol. The van der Waals surface area contributed by atoms with Crippen molar-refractivity contribution in [3.8, 4) is 5.75 Å². The third-order valence-corrected chi connectivity index (χ3v) is 6.57. The number of halogens is 1. The van der Waals surface area contributed by atoms with Gasteiger partial charge in [-0.1, -0.05) is 60.1 Å². The van der Waals surface area contributed by atoms with E-state index in [9.17, 15) is 4.79 Å². The number of hydrogen-bond donors (Lipinski definition) is 1. The summed E-state index contributed by atoms with van der Waals surface area (Å²) in [4.78, 5) is 23.6. The summed E-state index contributed by atoms with van der Waals surface area (Å²) in [5.74, 6) is 1.41. The maximum absolute atomic E-state index is 11.5. The van der Waals surface area contributed by atoms with E-state index >= 15 is 0 Å². The lowest BCUT2D eigenvalue weighted by Crippen LogP contribution is -2.06. The van der Waals surface area contributed by atoms with Gasteiger partial charge in [0.1, 0.15) is 23.7 Å².